The molecular formula is C12H16O. The summed E-state index contributed by atoms with van der Waals surface area (Å²) >= 11 is 0. The molecule has 0 spiro atoms. The number of allylic oxidation sites excluding steroid dienone is 2. The molecule has 70 valence electrons. The van der Waals surface area contributed by atoms with Crippen molar-refractivity contribution in [1.29, 1.82) is 0 Å². The summed E-state index contributed by atoms with van der Waals surface area (Å²) in [5, 5.41) is 0. The van der Waals surface area contributed by atoms with Crippen LogP contribution in [0.5, 0.6) is 0 Å². The molecule has 0 aliphatic heterocycles. The summed E-state index contributed by atoms with van der Waals surface area (Å²) < 4.78 is 0. The zero-order valence-corrected chi connectivity index (χ0v) is 8.39. The monoisotopic (exact) mass is 176 g/mol. The Kier molecular flexibility index (Phi) is 1.59. The molecule has 13 heavy (non-hydrogen) atoms. The molecule has 0 radical (unpaired) electrons. The van der Waals surface area contributed by atoms with Crippen molar-refractivity contribution >= 4 is 5.94 Å². The third-order valence-electron chi connectivity index (χ3n) is 4.23. The van der Waals surface area contributed by atoms with E-state index in [1.165, 1.54) is 18.4 Å². The lowest BCUT2D eigenvalue weighted by atomic mass is 9.97. The highest BCUT2D eigenvalue weighted by atomic mass is 16.1. The van der Waals surface area contributed by atoms with Crippen LogP contribution in [-0.4, -0.2) is 5.94 Å². The molecule has 2 saturated carbocycles. The third kappa shape index (κ3) is 0.808. The maximum Gasteiger partial charge on any atom is 0.120 e. The highest BCUT2D eigenvalue weighted by molar-refractivity contribution is 5.53. The van der Waals surface area contributed by atoms with Gasteiger partial charge in [0.05, 0.1) is 0 Å². The van der Waals surface area contributed by atoms with E-state index >= 15 is 0 Å². The van der Waals surface area contributed by atoms with Crippen LogP contribution in [0.4, 0.5) is 0 Å². The molecular weight excluding hydrogens is 160 g/mol. The minimum absolute atomic E-state index is 0.139. The van der Waals surface area contributed by atoms with E-state index in [1.807, 2.05) is 5.94 Å². The number of rotatable bonds is 2. The van der Waals surface area contributed by atoms with Crippen LogP contribution < -0.4 is 0 Å². The average molecular weight is 176 g/mol. The van der Waals surface area contributed by atoms with E-state index in [1.54, 1.807) is 6.08 Å². The number of carbonyl (C=O) groups excluding carboxylic acids is 1. The van der Waals surface area contributed by atoms with Crippen molar-refractivity contribution in [2.75, 3.05) is 0 Å². The molecule has 2 rings (SSSR count). The molecule has 3 atom stereocenters. The summed E-state index contributed by atoms with van der Waals surface area (Å²) in [6, 6.07) is 0. The molecule has 2 aliphatic rings. The van der Waals surface area contributed by atoms with Gasteiger partial charge in [0.15, 0.2) is 0 Å². The Balaban J connectivity index is 2.38. The molecule has 2 fully saturated rings. The van der Waals surface area contributed by atoms with Gasteiger partial charge < -0.3 is 0 Å². The van der Waals surface area contributed by atoms with Gasteiger partial charge in [0.25, 0.3) is 0 Å². The van der Waals surface area contributed by atoms with Crippen molar-refractivity contribution in [3.63, 3.8) is 0 Å². The fraction of sp³-hybridized carbons (Fsp3) is 0.667. The number of fused-ring (bicyclic) bond motifs is 1. The van der Waals surface area contributed by atoms with Crippen molar-refractivity contribution in [2.24, 2.45) is 16.7 Å². The Morgan fingerprint density at radius 1 is 1.62 bits per heavy atom. The highest BCUT2D eigenvalue weighted by Crippen LogP contribution is 2.79. The van der Waals surface area contributed by atoms with Crippen molar-refractivity contribution < 1.29 is 4.79 Å². The lowest BCUT2D eigenvalue weighted by Gasteiger charge is -2.07. The van der Waals surface area contributed by atoms with Crippen molar-refractivity contribution in [3.8, 4) is 0 Å². The van der Waals surface area contributed by atoms with E-state index < -0.39 is 0 Å². The maximum absolute atomic E-state index is 10.5. The fourth-order valence-corrected chi connectivity index (χ4v) is 3.75. The third-order valence-corrected chi connectivity index (χ3v) is 4.23. The summed E-state index contributed by atoms with van der Waals surface area (Å²) in [6.45, 7) is 8.39. The summed E-state index contributed by atoms with van der Waals surface area (Å²) in [4.78, 5) is 10.5. The van der Waals surface area contributed by atoms with Gasteiger partial charge in [-0.1, -0.05) is 25.5 Å². The zero-order valence-electron chi connectivity index (χ0n) is 8.39. The van der Waals surface area contributed by atoms with E-state index in [9.17, 15) is 4.79 Å². The lowest BCUT2D eigenvalue weighted by molar-refractivity contribution is 0.489. The van der Waals surface area contributed by atoms with E-state index in [2.05, 4.69) is 20.4 Å². The molecule has 0 saturated heterocycles. The van der Waals surface area contributed by atoms with Gasteiger partial charge in [-0.05, 0) is 31.1 Å². The molecule has 0 aromatic heterocycles. The normalized spacial score (nSPS) is 46.5. The zero-order chi connectivity index (χ0) is 9.69. The first kappa shape index (κ1) is 8.77. The second kappa shape index (κ2) is 2.36. The van der Waals surface area contributed by atoms with E-state index in [0.29, 0.717) is 11.3 Å². The Bertz CT molecular complexity index is 311. The predicted molar refractivity (Wildman–Crippen MR) is 53.0 cm³/mol. The molecule has 1 nitrogen and oxygen atoms in total. The molecule has 2 aliphatic carbocycles. The second-order valence-electron chi connectivity index (χ2n) is 4.85. The summed E-state index contributed by atoms with van der Waals surface area (Å²) in [6.07, 6.45) is 5.40. The first-order valence-corrected chi connectivity index (χ1v) is 4.96. The Morgan fingerprint density at radius 2 is 2.31 bits per heavy atom. The van der Waals surface area contributed by atoms with Gasteiger partial charge in [-0.25, -0.2) is 4.79 Å². The summed E-state index contributed by atoms with van der Waals surface area (Å²) in [7, 11) is 0. The van der Waals surface area contributed by atoms with Gasteiger partial charge in [-0.2, -0.15) is 0 Å². The van der Waals surface area contributed by atoms with Crippen LogP contribution in [0, 0.1) is 16.7 Å². The van der Waals surface area contributed by atoms with Gasteiger partial charge in [-0.15, -0.1) is 0 Å². The van der Waals surface area contributed by atoms with Gasteiger partial charge in [0.2, 0.25) is 0 Å². The van der Waals surface area contributed by atoms with Crippen molar-refractivity contribution in [3.05, 3.63) is 18.2 Å². The highest BCUT2D eigenvalue weighted by Gasteiger charge is 2.74. The molecule has 0 amide bonds. The first-order chi connectivity index (χ1) is 6.08. The molecule has 1 heteroatoms. The molecule has 0 N–H and O–H groups in total. The second-order valence-corrected chi connectivity index (χ2v) is 4.85. The molecule has 0 heterocycles. The Hall–Kier alpha value is -0.810. The largest absolute Gasteiger partial charge is 0.234 e. The van der Waals surface area contributed by atoms with E-state index in [4.69, 9.17) is 0 Å². The predicted octanol–water partition coefficient (Wildman–Crippen LogP) is 2.76. The first-order valence-electron chi connectivity index (χ1n) is 4.96. The smallest absolute Gasteiger partial charge is 0.120 e. The molecule has 0 aromatic carbocycles. The van der Waals surface area contributed by atoms with Crippen LogP contribution in [0.15, 0.2) is 18.2 Å². The minimum Gasteiger partial charge on any atom is -0.234 e. The van der Waals surface area contributed by atoms with Gasteiger partial charge >= 0.3 is 0 Å². The van der Waals surface area contributed by atoms with Crippen LogP contribution >= 0.6 is 0 Å². The van der Waals surface area contributed by atoms with Crippen LogP contribution in [0.3, 0.4) is 0 Å². The van der Waals surface area contributed by atoms with Gasteiger partial charge in [-0.3, -0.25) is 0 Å². The van der Waals surface area contributed by atoms with Crippen molar-refractivity contribution in [2.45, 2.75) is 33.1 Å². The molecule has 0 unspecified atom stereocenters. The minimum atomic E-state index is 0.139. The summed E-state index contributed by atoms with van der Waals surface area (Å²) in [5.41, 5.74) is 1.70. The van der Waals surface area contributed by atoms with Crippen LogP contribution in [0.2, 0.25) is 0 Å². The van der Waals surface area contributed by atoms with Crippen LogP contribution in [-0.2, 0) is 4.79 Å². The number of hydrogen-bond acceptors (Lipinski definition) is 1. The molecule has 0 bridgehead atoms. The molecule has 0 aromatic rings. The van der Waals surface area contributed by atoms with Gasteiger partial charge in [0, 0.05) is 11.5 Å². The number of hydrogen-bond donors (Lipinski definition) is 0. The lowest BCUT2D eigenvalue weighted by Crippen LogP contribution is -1.99. The van der Waals surface area contributed by atoms with Crippen LogP contribution in [0.25, 0.3) is 0 Å². The SMILES string of the molecule is C=C(C)[C@H]1[C@]2(C)CCC[C@]12C=C=O. The van der Waals surface area contributed by atoms with Crippen LogP contribution in [0.1, 0.15) is 33.1 Å². The van der Waals surface area contributed by atoms with Crippen molar-refractivity contribution in [1.82, 2.24) is 0 Å². The van der Waals surface area contributed by atoms with E-state index in [-0.39, 0.29) is 5.41 Å². The standard InChI is InChI=1S/C12H16O/c1-9(2)10-11(3)5-4-6-12(10,11)7-8-13/h7,10H,1,4-6H2,2-3H3/t10-,11-,12-/m0/s1. The van der Waals surface area contributed by atoms with E-state index in [0.717, 1.165) is 6.42 Å². The average Bonchev–Trinajstić information content (AvgIpc) is 2.36. The Morgan fingerprint density at radius 3 is 2.77 bits per heavy atom. The van der Waals surface area contributed by atoms with Gasteiger partial charge in [0.1, 0.15) is 5.94 Å². The topological polar surface area (TPSA) is 17.1 Å². The quantitative estimate of drug-likeness (QED) is 0.467. The maximum atomic E-state index is 10.5. The summed E-state index contributed by atoms with van der Waals surface area (Å²) in [5.74, 6) is 2.52. The Labute approximate surface area is 79.5 Å². The fourth-order valence-electron chi connectivity index (χ4n) is 3.75.